The predicted molar refractivity (Wildman–Crippen MR) is 111 cm³/mol. The Morgan fingerprint density at radius 3 is 2.61 bits per heavy atom. The fourth-order valence-corrected chi connectivity index (χ4v) is 4.93. The van der Waals surface area contributed by atoms with E-state index in [1.54, 1.807) is 11.0 Å². The zero-order valence-electron chi connectivity index (χ0n) is 16.8. The second-order valence-electron chi connectivity index (χ2n) is 8.20. The molecular weight excluding hydrogens is 396 g/mol. The second-order valence-corrected chi connectivity index (χ2v) is 8.20. The Balaban J connectivity index is 1.49. The van der Waals surface area contributed by atoms with Crippen molar-refractivity contribution in [3.05, 3.63) is 70.3 Å². The van der Waals surface area contributed by atoms with Crippen LogP contribution in [-0.2, 0) is 22.6 Å². The number of fused-ring (bicyclic) bond motifs is 2. The van der Waals surface area contributed by atoms with Crippen molar-refractivity contribution < 1.29 is 19.2 Å². The molecule has 8 nitrogen and oxygen atoms in total. The molecule has 2 unspecified atom stereocenters. The summed E-state index contributed by atoms with van der Waals surface area (Å²) in [5.74, 6) is -0.958. The Bertz CT molecular complexity index is 1130. The molecule has 0 spiro atoms. The molecule has 8 heteroatoms. The van der Waals surface area contributed by atoms with Gasteiger partial charge in [-0.3, -0.25) is 19.7 Å². The minimum Gasteiger partial charge on any atom is -0.351 e. The van der Waals surface area contributed by atoms with Crippen LogP contribution < -0.4 is 11.1 Å². The number of nitrogens with zero attached hydrogens (tertiary/aromatic N) is 2. The molecule has 2 aromatic rings. The van der Waals surface area contributed by atoms with Crippen LogP contribution in [0.25, 0.3) is 0 Å². The number of imide groups is 1. The first-order valence-electron chi connectivity index (χ1n) is 10.4. The maximum atomic E-state index is 13.0. The van der Waals surface area contributed by atoms with Crippen LogP contribution in [-0.4, -0.2) is 46.1 Å². The number of amides is 5. The van der Waals surface area contributed by atoms with Crippen molar-refractivity contribution >= 4 is 23.8 Å². The van der Waals surface area contributed by atoms with Crippen LogP contribution in [0.15, 0.2) is 42.5 Å². The van der Waals surface area contributed by atoms with Gasteiger partial charge in [0, 0.05) is 25.1 Å². The van der Waals surface area contributed by atoms with E-state index in [4.69, 9.17) is 5.73 Å². The van der Waals surface area contributed by atoms with Gasteiger partial charge in [0.05, 0.1) is 6.04 Å². The standard InChI is InChI=1S/C23H22N4O4/c24-23(31)26-10-9-13-3-1-2-4-16(13)20(26)14-5-6-17-15(11-14)12-27(22(17)30)18-7-8-19(28)25-21(18)29/h1-6,11,18,20H,7-10,12H2,(H2,24,31)(H,25,28,29). The van der Waals surface area contributed by atoms with Crippen LogP contribution >= 0.6 is 0 Å². The summed E-state index contributed by atoms with van der Waals surface area (Å²) in [5.41, 5.74) is 10.1. The number of nitrogens with two attached hydrogens (primary N) is 1. The molecule has 0 aliphatic carbocycles. The number of carbonyl (C=O) groups is 4. The van der Waals surface area contributed by atoms with E-state index < -0.39 is 18.0 Å². The van der Waals surface area contributed by atoms with Crippen molar-refractivity contribution in [3.63, 3.8) is 0 Å². The molecule has 3 heterocycles. The predicted octanol–water partition coefficient (Wildman–Crippen LogP) is 1.47. The Hall–Kier alpha value is -3.68. The molecule has 1 saturated heterocycles. The molecule has 1 fully saturated rings. The molecule has 158 valence electrons. The summed E-state index contributed by atoms with van der Waals surface area (Å²) in [6.45, 7) is 0.814. The highest BCUT2D eigenvalue weighted by molar-refractivity contribution is 6.05. The largest absolute Gasteiger partial charge is 0.351 e. The Labute approximate surface area is 179 Å². The molecule has 3 aliphatic rings. The summed E-state index contributed by atoms with van der Waals surface area (Å²) in [6, 6.07) is 12.1. The molecule has 2 aromatic carbocycles. The van der Waals surface area contributed by atoms with Gasteiger partial charge in [0.15, 0.2) is 0 Å². The number of hydrogen-bond acceptors (Lipinski definition) is 4. The number of hydrogen-bond donors (Lipinski definition) is 2. The first kappa shape index (κ1) is 19.3. The Morgan fingerprint density at radius 1 is 1.03 bits per heavy atom. The highest BCUT2D eigenvalue weighted by atomic mass is 16.2. The Morgan fingerprint density at radius 2 is 1.84 bits per heavy atom. The number of piperidine rings is 1. The molecule has 0 aromatic heterocycles. The van der Waals surface area contributed by atoms with Crippen molar-refractivity contribution in [3.8, 4) is 0 Å². The van der Waals surface area contributed by atoms with Gasteiger partial charge in [0.25, 0.3) is 5.91 Å². The van der Waals surface area contributed by atoms with E-state index >= 15 is 0 Å². The minimum absolute atomic E-state index is 0.216. The molecule has 0 bridgehead atoms. The van der Waals surface area contributed by atoms with Crippen molar-refractivity contribution in [2.45, 2.75) is 37.9 Å². The lowest BCUT2D eigenvalue weighted by atomic mass is 9.87. The number of benzene rings is 2. The fraction of sp³-hybridized carbons (Fsp3) is 0.304. The number of urea groups is 1. The van der Waals surface area contributed by atoms with Crippen molar-refractivity contribution in [2.75, 3.05) is 6.54 Å². The van der Waals surface area contributed by atoms with Crippen LogP contribution in [0.4, 0.5) is 4.79 Å². The Kier molecular flexibility index (Phi) is 4.50. The summed E-state index contributed by atoms with van der Waals surface area (Å²) in [5, 5.41) is 2.32. The average molecular weight is 418 g/mol. The van der Waals surface area contributed by atoms with Gasteiger partial charge < -0.3 is 15.5 Å². The number of primary amides is 1. The quantitative estimate of drug-likeness (QED) is 0.719. The first-order chi connectivity index (χ1) is 14.9. The lowest BCUT2D eigenvalue weighted by Gasteiger charge is -2.36. The maximum absolute atomic E-state index is 13.0. The highest BCUT2D eigenvalue weighted by Crippen LogP contribution is 2.37. The van der Waals surface area contributed by atoms with Gasteiger partial charge in [-0.25, -0.2) is 4.79 Å². The van der Waals surface area contributed by atoms with E-state index in [0.717, 1.165) is 23.1 Å². The van der Waals surface area contributed by atoms with Gasteiger partial charge in [-0.05, 0) is 41.2 Å². The molecule has 3 N–H and O–H groups in total. The van der Waals surface area contributed by atoms with E-state index in [1.807, 2.05) is 30.3 Å². The normalized spacial score (nSPS) is 22.8. The van der Waals surface area contributed by atoms with Crippen molar-refractivity contribution in [1.82, 2.24) is 15.1 Å². The number of carbonyl (C=O) groups excluding carboxylic acids is 4. The van der Waals surface area contributed by atoms with Gasteiger partial charge in [-0.2, -0.15) is 0 Å². The van der Waals surface area contributed by atoms with E-state index in [0.29, 0.717) is 25.1 Å². The molecule has 31 heavy (non-hydrogen) atoms. The second kappa shape index (κ2) is 7.23. The molecule has 3 aliphatic heterocycles. The van der Waals surface area contributed by atoms with Crippen LogP contribution in [0, 0.1) is 0 Å². The number of rotatable bonds is 2. The van der Waals surface area contributed by atoms with E-state index in [9.17, 15) is 19.2 Å². The summed E-state index contributed by atoms with van der Waals surface area (Å²) in [4.78, 5) is 52.0. The third-order valence-electron chi connectivity index (χ3n) is 6.43. The van der Waals surface area contributed by atoms with E-state index in [2.05, 4.69) is 11.4 Å². The molecule has 0 saturated carbocycles. The van der Waals surface area contributed by atoms with Gasteiger partial charge >= 0.3 is 6.03 Å². The summed E-state index contributed by atoms with van der Waals surface area (Å²) < 4.78 is 0. The van der Waals surface area contributed by atoms with Gasteiger partial charge in [0.2, 0.25) is 11.8 Å². The smallest absolute Gasteiger partial charge is 0.315 e. The number of nitrogens with one attached hydrogen (secondary N) is 1. The van der Waals surface area contributed by atoms with Crippen molar-refractivity contribution in [2.24, 2.45) is 5.73 Å². The van der Waals surface area contributed by atoms with E-state index in [1.165, 1.54) is 10.5 Å². The zero-order valence-corrected chi connectivity index (χ0v) is 16.8. The van der Waals surface area contributed by atoms with Crippen LogP contribution in [0.5, 0.6) is 0 Å². The lowest BCUT2D eigenvalue weighted by molar-refractivity contribution is -0.136. The molecule has 2 atom stereocenters. The summed E-state index contributed by atoms with van der Waals surface area (Å²) in [6.07, 6.45) is 1.28. The third kappa shape index (κ3) is 3.15. The highest BCUT2D eigenvalue weighted by Gasteiger charge is 2.40. The average Bonchev–Trinajstić information content (AvgIpc) is 3.08. The maximum Gasteiger partial charge on any atom is 0.315 e. The SMILES string of the molecule is NC(=O)N1CCc2ccccc2C1c1ccc2c(c1)CN(C1CCC(=O)NC1=O)C2=O. The fourth-order valence-electron chi connectivity index (χ4n) is 4.93. The van der Waals surface area contributed by atoms with Gasteiger partial charge in [-0.15, -0.1) is 0 Å². The minimum atomic E-state index is -0.654. The first-order valence-corrected chi connectivity index (χ1v) is 10.4. The van der Waals surface area contributed by atoms with Crippen LogP contribution in [0.3, 0.4) is 0 Å². The van der Waals surface area contributed by atoms with Crippen molar-refractivity contribution in [1.29, 1.82) is 0 Å². The molecular formula is C23H22N4O4. The lowest BCUT2D eigenvalue weighted by Crippen LogP contribution is -2.52. The third-order valence-corrected chi connectivity index (χ3v) is 6.43. The van der Waals surface area contributed by atoms with Gasteiger partial charge in [0.1, 0.15) is 6.04 Å². The zero-order chi connectivity index (χ0) is 21.7. The summed E-state index contributed by atoms with van der Waals surface area (Å²) in [7, 11) is 0. The topological polar surface area (TPSA) is 113 Å². The molecule has 5 amide bonds. The summed E-state index contributed by atoms with van der Waals surface area (Å²) >= 11 is 0. The van der Waals surface area contributed by atoms with E-state index in [-0.39, 0.29) is 24.3 Å². The van der Waals surface area contributed by atoms with Crippen LogP contribution in [0.1, 0.15) is 51.5 Å². The van der Waals surface area contributed by atoms with Gasteiger partial charge in [-0.1, -0.05) is 36.4 Å². The molecule has 5 rings (SSSR count). The monoisotopic (exact) mass is 418 g/mol. The molecule has 0 radical (unpaired) electrons. The van der Waals surface area contributed by atoms with Crippen LogP contribution in [0.2, 0.25) is 0 Å².